The number of rotatable bonds is 7. The molecule has 0 aromatic heterocycles. The molecule has 4 aliphatic carbocycles. The zero-order valence-corrected chi connectivity index (χ0v) is 23.5. The van der Waals surface area contributed by atoms with E-state index in [2.05, 4.69) is 0 Å². The molecule has 2 saturated carbocycles. The van der Waals surface area contributed by atoms with E-state index in [1.165, 1.54) is 0 Å². The molecule has 0 aliphatic heterocycles. The third-order valence-electron chi connectivity index (χ3n) is 10.2. The summed E-state index contributed by atoms with van der Waals surface area (Å²) in [6, 6.07) is 0. The highest BCUT2D eigenvalue weighted by Crippen LogP contribution is 2.77. The molecule has 4 aliphatic rings. The van der Waals surface area contributed by atoms with Gasteiger partial charge in [0.25, 0.3) is 0 Å². The van der Waals surface area contributed by atoms with Crippen molar-refractivity contribution in [1.82, 2.24) is 0 Å². The van der Waals surface area contributed by atoms with Crippen LogP contribution in [0.1, 0.15) is 67.7 Å². The molecule has 0 radical (unpaired) electrons. The fourth-order valence-corrected chi connectivity index (χ4v) is 7.51. The van der Waals surface area contributed by atoms with Gasteiger partial charge in [0.05, 0.1) is 18.1 Å². The first-order chi connectivity index (χ1) is 17.7. The maximum Gasteiger partial charge on any atom is 0.333 e. The minimum Gasteiger partial charge on any atom is -0.465 e. The topological polar surface area (TPSA) is 130 Å². The summed E-state index contributed by atoms with van der Waals surface area (Å²) < 4.78 is 12.0. The first-order valence-electron chi connectivity index (χ1n) is 13.7. The van der Waals surface area contributed by atoms with Crippen molar-refractivity contribution in [2.24, 2.45) is 35.0 Å². The van der Waals surface area contributed by atoms with Crippen molar-refractivity contribution in [1.29, 1.82) is 0 Å². The molecule has 0 heterocycles. The monoisotopic (exact) mass is 530 g/mol. The van der Waals surface area contributed by atoms with Crippen LogP contribution in [0, 0.1) is 35.0 Å². The number of aliphatic hydroxyl groups excluding tert-OH is 1. The number of hydrogen-bond donors (Lipinski definition) is 3. The Morgan fingerprint density at radius 3 is 2.50 bits per heavy atom. The Balaban J connectivity index is 1.84. The van der Waals surface area contributed by atoms with Gasteiger partial charge in [-0.05, 0) is 50.7 Å². The minimum atomic E-state index is -1.87. The van der Waals surface area contributed by atoms with Gasteiger partial charge in [-0.15, -0.1) is 0 Å². The van der Waals surface area contributed by atoms with Gasteiger partial charge in [0.15, 0.2) is 5.78 Å². The smallest absolute Gasteiger partial charge is 0.333 e. The molecule has 38 heavy (non-hydrogen) atoms. The fraction of sp³-hybridized carbons (Fsp3) is 0.700. The first kappa shape index (κ1) is 28.7. The Kier molecular flexibility index (Phi) is 7.12. The average Bonchev–Trinajstić information content (AvgIpc) is 3.33. The summed E-state index contributed by atoms with van der Waals surface area (Å²) in [6.45, 7) is 12.1. The summed E-state index contributed by atoms with van der Waals surface area (Å²) >= 11 is 0. The van der Waals surface area contributed by atoms with Crippen molar-refractivity contribution in [3.05, 3.63) is 34.9 Å². The van der Waals surface area contributed by atoms with Gasteiger partial charge < -0.3 is 24.8 Å². The number of aliphatic hydroxyl groups is 3. The number of esters is 2. The number of carbonyl (C=O) groups excluding carboxylic acids is 3. The minimum absolute atomic E-state index is 0.00661. The zero-order chi connectivity index (χ0) is 28.4. The Labute approximate surface area is 224 Å². The van der Waals surface area contributed by atoms with Crippen LogP contribution in [0.3, 0.4) is 0 Å². The maximum atomic E-state index is 13.1. The third kappa shape index (κ3) is 3.78. The Morgan fingerprint density at radius 1 is 1.26 bits per heavy atom. The van der Waals surface area contributed by atoms with Crippen LogP contribution in [-0.2, 0) is 23.9 Å². The van der Waals surface area contributed by atoms with Gasteiger partial charge >= 0.3 is 11.9 Å². The molecule has 210 valence electrons. The summed E-state index contributed by atoms with van der Waals surface area (Å²) in [5, 5.41) is 34.4. The van der Waals surface area contributed by atoms with E-state index in [0.29, 0.717) is 23.1 Å². The fourth-order valence-electron chi connectivity index (χ4n) is 7.51. The first-order valence-corrected chi connectivity index (χ1v) is 13.7. The van der Waals surface area contributed by atoms with E-state index in [1.807, 2.05) is 20.8 Å². The van der Waals surface area contributed by atoms with E-state index in [1.54, 1.807) is 45.9 Å². The number of Topliss-reactive ketones (excluding diaryl/α,β-unsaturated/α-hetero) is 1. The molecule has 0 amide bonds. The normalized spacial score (nSPS) is 42.6. The molecule has 0 aromatic carbocycles. The van der Waals surface area contributed by atoms with Gasteiger partial charge in [0.1, 0.15) is 17.8 Å². The Morgan fingerprint density at radius 2 is 1.92 bits per heavy atom. The van der Waals surface area contributed by atoms with Crippen LogP contribution in [0.25, 0.3) is 0 Å². The van der Waals surface area contributed by atoms with Crippen molar-refractivity contribution < 1.29 is 39.2 Å². The van der Waals surface area contributed by atoms with E-state index in [-0.39, 0.29) is 37.9 Å². The van der Waals surface area contributed by atoms with Crippen molar-refractivity contribution in [3.63, 3.8) is 0 Å². The number of ether oxygens (including phenoxy) is 2. The van der Waals surface area contributed by atoms with Crippen LogP contribution in [0.5, 0.6) is 0 Å². The van der Waals surface area contributed by atoms with E-state index in [0.717, 1.165) is 0 Å². The molecule has 1 unspecified atom stereocenters. The summed E-state index contributed by atoms with van der Waals surface area (Å²) in [6.07, 6.45) is 5.89. The van der Waals surface area contributed by atoms with Crippen molar-refractivity contribution in [3.8, 4) is 0 Å². The predicted molar refractivity (Wildman–Crippen MR) is 139 cm³/mol. The standard InChI is InChI=1S/C30H42O8/c1-8-16(3)25(33)37-15-27(7)23-21-11-20(14-31)13-28(35)22(10-18(5)24(28)32)30(21,36)19(6)12-29(23,27)38-26(34)17(4)9-2/h9-11,16,19,21-23,31,35-36H,8,12-15H2,1-7H3/b17-9-/t16?,19-,21+,22-,23-,27-,28-,29+,30-/m1/s1. The van der Waals surface area contributed by atoms with Gasteiger partial charge in [-0.2, -0.15) is 0 Å². The molecular formula is C30H42O8. The average molecular weight is 531 g/mol. The molecule has 0 spiro atoms. The quantitative estimate of drug-likeness (QED) is 0.260. The predicted octanol–water partition coefficient (Wildman–Crippen LogP) is 3.05. The number of carbonyl (C=O) groups is 3. The van der Waals surface area contributed by atoms with Gasteiger partial charge in [0.2, 0.25) is 0 Å². The SMILES string of the molecule is C/C=C(/C)C(=O)O[C@@]12C[C@@H](C)[C@@]3(O)[C@@H](C=C(CO)C[C@]4(O)C(=O)C(C)=C[C@@H]34)[C@@H]1[C@@]2(C)COC(=O)C(C)CC. The summed E-state index contributed by atoms with van der Waals surface area (Å²) in [5.74, 6) is -4.10. The maximum absolute atomic E-state index is 13.1. The third-order valence-corrected chi connectivity index (χ3v) is 10.2. The molecule has 0 aromatic rings. The summed E-state index contributed by atoms with van der Waals surface area (Å²) in [5.41, 5.74) is -4.04. The molecule has 8 nitrogen and oxygen atoms in total. The lowest BCUT2D eigenvalue weighted by atomic mass is 9.60. The van der Waals surface area contributed by atoms with Crippen LogP contribution < -0.4 is 0 Å². The van der Waals surface area contributed by atoms with Crippen molar-refractivity contribution in [2.75, 3.05) is 13.2 Å². The van der Waals surface area contributed by atoms with Crippen LogP contribution >= 0.6 is 0 Å². The molecule has 0 bridgehead atoms. The van der Waals surface area contributed by atoms with Gasteiger partial charge in [-0.1, -0.05) is 45.9 Å². The van der Waals surface area contributed by atoms with Gasteiger partial charge in [0, 0.05) is 35.2 Å². The van der Waals surface area contributed by atoms with Crippen LogP contribution in [0.2, 0.25) is 0 Å². The number of ketones is 1. The molecule has 9 atom stereocenters. The summed E-state index contributed by atoms with van der Waals surface area (Å²) in [7, 11) is 0. The Bertz CT molecular complexity index is 1140. The summed E-state index contributed by atoms with van der Waals surface area (Å²) in [4.78, 5) is 38.9. The number of fused-ring (bicyclic) bond motifs is 5. The number of hydrogen-bond acceptors (Lipinski definition) is 8. The molecular weight excluding hydrogens is 488 g/mol. The van der Waals surface area contributed by atoms with Gasteiger partial charge in [-0.25, -0.2) is 4.79 Å². The second kappa shape index (κ2) is 9.42. The Hall–Kier alpha value is -2.29. The highest BCUT2D eigenvalue weighted by Gasteiger charge is 2.85. The van der Waals surface area contributed by atoms with E-state index >= 15 is 0 Å². The van der Waals surface area contributed by atoms with Crippen molar-refractivity contribution in [2.45, 2.75) is 84.5 Å². The van der Waals surface area contributed by atoms with Crippen LogP contribution in [0.15, 0.2) is 34.9 Å². The lowest BCUT2D eigenvalue weighted by Gasteiger charge is -2.50. The van der Waals surface area contributed by atoms with E-state index in [9.17, 15) is 29.7 Å². The zero-order valence-electron chi connectivity index (χ0n) is 23.5. The lowest BCUT2D eigenvalue weighted by Crippen LogP contribution is -2.61. The molecule has 0 saturated heterocycles. The molecule has 3 N–H and O–H groups in total. The van der Waals surface area contributed by atoms with Crippen molar-refractivity contribution >= 4 is 17.7 Å². The van der Waals surface area contributed by atoms with Crippen LogP contribution in [0.4, 0.5) is 0 Å². The molecule has 2 fully saturated rings. The van der Waals surface area contributed by atoms with E-state index < -0.39 is 57.6 Å². The van der Waals surface area contributed by atoms with Gasteiger partial charge in [-0.3, -0.25) is 9.59 Å². The molecule has 4 rings (SSSR count). The highest BCUT2D eigenvalue weighted by atomic mass is 16.6. The lowest BCUT2D eigenvalue weighted by molar-refractivity contribution is -0.185. The molecule has 8 heteroatoms. The number of allylic oxidation sites excluding steroid dienone is 1. The second-order valence-corrected chi connectivity index (χ2v) is 12.3. The van der Waals surface area contributed by atoms with E-state index in [4.69, 9.17) is 9.47 Å². The second-order valence-electron chi connectivity index (χ2n) is 12.3. The van der Waals surface area contributed by atoms with Crippen LogP contribution in [-0.4, -0.2) is 63.1 Å². The highest BCUT2D eigenvalue weighted by molar-refractivity contribution is 6.04. The largest absolute Gasteiger partial charge is 0.465 e.